The van der Waals surface area contributed by atoms with Gasteiger partial charge in [-0.1, -0.05) is 15.9 Å². The van der Waals surface area contributed by atoms with E-state index in [0.29, 0.717) is 0 Å². The maximum atomic E-state index is 13.9. The highest BCUT2D eigenvalue weighted by atomic mass is 79.9. The zero-order valence-corrected chi connectivity index (χ0v) is 12.4. The number of hydrogen-bond acceptors (Lipinski definition) is 0. The molecule has 0 saturated carbocycles. The molecule has 5 heteroatoms. The molecule has 0 aromatic heterocycles. The van der Waals surface area contributed by atoms with E-state index in [-0.39, 0.29) is 22.3 Å². The van der Waals surface area contributed by atoms with Crippen LogP contribution in [0, 0.1) is 37.1 Å². The van der Waals surface area contributed by atoms with Crippen LogP contribution in [0.3, 0.4) is 0 Å². The first-order valence-electron chi connectivity index (χ1n) is 5.86. The average Bonchev–Trinajstić information content (AvgIpc) is 2.37. The zero-order valence-electron chi connectivity index (χ0n) is 10.8. The molecule has 0 spiro atoms. The minimum absolute atomic E-state index is 0.0296. The Hall–Kier alpha value is -1.36. The lowest BCUT2D eigenvalue weighted by atomic mass is 10.0. The summed E-state index contributed by atoms with van der Waals surface area (Å²) in [6, 6.07) is 4.08. The summed E-state index contributed by atoms with van der Waals surface area (Å²) in [5.74, 6) is -2.71. The second-order valence-corrected chi connectivity index (χ2v) is 5.52. The van der Waals surface area contributed by atoms with Gasteiger partial charge in [0.05, 0.1) is 4.83 Å². The summed E-state index contributed by atoms with van der Waals surface area (Å²) in [7, 11) is 0. The number of halogens is 5. The van der Waals surface area contributed by atoms with Gasteiger partial charge in [0.2, 0.25) is 0 Å². The summed E-state index contributed by atoms with van der Waals surface area (Å²) in [5.41, 5.74) is 0.435. The van der Waals surface area contributed by atoms with Crippen LogP contribution in [0.2, 0.25) is 0 Å². The lowest BCUT2D eigenvalue weighted by Crippen LogP contribution is -2.03. The molecule has 2 rings (SSSR count). The van der Waals surface area contributed by atoms with Crippen molar-refractivity contribution in [1.82, 2.24) is 0 Å². The summed E-state index contributed by atoms with van der Waals surface area (Å²) in [6.45, 7) is 2.91. The van der Waals surface area contributed by atoms with Crippen molar-refractivity contribution in [2.24, 2.45) is 0 Å². The van der Waals surface area contributed by atoms with Gasteiger partial charge < -0.3 is 0 Å². The molecule has 0 N–H and O–H groups in total. The highest BCUT2D eigenvalue weighted by Crippen LogP contribution is 2.35. The molecule has 0 aliphatic rings. The topological polar surface area (TPSA) is 0 Å². The van der Waals surface area contributed by atoms with E-state index in [1.807, 2.05) is 0 Å². The smallest absolute Gasteiger partial charge is 0.130 e. The molecular formula is C15H11BrF4. The fourth-order valence-electron chi connectivity index (χ4n) is 1.90. The minimum Gasteiger partial charge on any atom is -0.207 e. The second kappa shape index (κ2) is 5.56. The van der Waals surface area contributed by atoms with E-state index < -0.39 is 28.1 Å². The molecule has 0 saturated heterocycles. The van der Waals surface area contributed by atoms with Crippen molar-refractivity contribution in [3.63, 3.8) is 0 Å². The second-order valence-electron chi connectivity index (χ2n) is 4.61. The summed E-state index contributed by atoms with van der Waals surface area (Å²) in [6.07, 6.45) is 0. The molecule has 1 unspecified atom stereocenters. The van der Waals surface area contributed by atoms with Crippen molar-refractivity contribution in [2.75, 3.05) is 0 Å². The van der Waals surface area contributed by atoms with Gasteiger partial charge in [-0.3, -0.25) is 0 Å². The molecule has 2 aromatic rings. The van der Waals surface area contributed by atoms with E-state index in [1.54, 1.807) is 0 Å². The normalized spacial score (nSPS) is 12.6. The van der Waals surface area contributed by atoms with Crippen molar-refractivity contribution in [3.05, 3.63) is 69.8 Å². The summed E-state index contributed by atoms with van der Waals surface area (Å²) in [4.78, 5) is -0.892. The summed E-state index contributed by atoms with van der Waals surface area (Å²) < 4.78 is 54.4. The summed E-state index contributed by atoms with van der Waals surface area (Å²) >= 11 is 3.14. The Labute approximate surface area is 122 Å². The molecule has 0 amide bonds. The van der Waals surface area contributed by atoms with Crippen LogP contribution in [-0.4, -0.2) is 0 Å². The Balaban J connectivity index is 2.54. The van der Waals surface area contributed by atoms with E-state index >= 15 is 0 Å². The van der Waals surface area contributed by atoms with Crippen LogP contribution in [0.5, 0.6) is 0 Å². The van der Waals surface area contributed by atoms with Crippen LogP contribution in [0.25, 0.3) is 0 Å². The average molecular weight is 347 g/mol. The lowest BCUT2D eigenvalue weighted by Gasteiger charge is -2.15. The van der Waals surface area contributed by atoms with Gasteiger partial charge in [-0.05, 0) is 43.2 Å². The minimum atomic E-state index is -0.892. The van der Waals surface area contributed by atoms with Gasteiger partial charge in [0.1, 0.15) is 23.3 Å². The first kappa shape index (κ1) is 15.0. The maximum absolute atomic E-state index is 13.9. The Bertz CT molecular complexity index is 610. The Kier molecular flexibility index (Phi) is 4.18. The standard InChI is InChI=1S/C15H11BrF4/c1-7-3-9(14(20)6-12(7)18)15(16)10-5-11(17)8(2)4-13(10)19/h3-6,15H,1-2H3. The molecule has 0 radical (unpaired) electrons. The predicted octanol–water partition coefficient (Wildman–Crippen LogP) is 5.34. The van der Waals surface area contributed by atoms with E-state index in [1.165, 1.54) is 19.9 Å². The van der Waals surface area contributed by atoms with Crippen LogP contribution in [0.1, 0.15) is 27.1 Å². The quantitative estimate of drug-likeness (QED) is 0.508. The molecular weight excluding hydrogens is 336 g/mol. The van der Waals surface area contributed by atoms with E-state index in [2.05, 4.69) is 15.9 Å². The molecule has 0 aliphatic heterocycles. The third-order valence-corrected chi connectivity index (χ3v) is 4.09. The molecule has 0 fully saturated rings. The van der Waals surface area contributed by atoms with Gasteiger partial charge in [0.25, 0.3) is 0 Å². The number of aryl methyl sites for hydroxylation is 2. The van der Waals surface area contributed by atoms with Crippen LogP contribution in [-0.2, 0) is 0 Å². The Morgan fingerprint density at radius 3 is 1.80 bits per heavy atom. The molecule has 0 bridgehead atoms. The Morgan fingerprint density at radius 1 is 0.700 bits per heavy atom. The van der Waals surface area contributed by atoms with E-state index in [4.69, 9.17) is 0 Å². The zero-order chi connectivity index (χ0) is 15.0. The largest absolute Gasteiger partial charge is 0.207 e. The third-order valence-electron chi connectivity index (χ3n) is 3.10. The molecule has 0 aliphatic carbocycles. The first-order valence-corrected chi connectivity index (χ1v) is 6.78. The van der Waals surface area contributed by atoms with Crippen LogP contribution in [0.15, 0.2) is 24.3 Å². The number of hydrogen-bond donors (Lipinski definition) is 0. The predicted molar refractivity (Wildman–Crippen MR) is 73.0 cm³/mol. The fourth-order valence-corrected chi connectivity index (χ4v) is 2.60. The van der Waals surface area contributed by atoms with Crippen molar-refractivity contribution in [3.8, 4) is 0 Å². The number of benzene rings is 2. The Morgan fingerprint density at radius 2 is 1.15 bits per heavy atom. The van der Waals surface area contributed by atoms with Crippen molar-refractivity contribution in [1.29, 1.82) is 0 Å². The van der Waals surface area contributed by atoms with Gasteiger partial charge in [-0.15, -0.1) is 0 Å². The SMILES string of the molecule is Cc1cc(C(Br)c2cc(F)c(C)cc2F)c(F)cc1F. The maximum Gasteiger partial charge on any atom is 0.130 e. The van der Waals surface area contributed by atoms with E-state index in [0.717, 1.165) is 18.2 Å². The van der Waals surface area contributed by atoms with Gasteiger partial charge in [-0.25, -0.2) is 17.6 Å². The van der Waals surface area contributed by atoms with Crippen molar-refractivity contribution >= 4 is 15.9 Å². The lowest BCUT2D eigenvalue weighted by molar-refractivity contribution is 0.562. The highest BCUT2D eigenvalue weighted by molar-refractivity contribution is 9.09. The van der Waals surface area contributed by atoms with Crippen LogP contribution in [0.4, 0.5) is 17.6 Å². The van der Waals surface area contributed by atoms with Gasteiger partial charge in [-0.2, -0.15) is 0 Å². The summed E-state index contributed by atoms with van der Waals surface area (Å²) in [5, 5.41) is 0. The molecule has 0 nitrogen and oxygen atoms in total. The number of rotatable bonds is 2. The van der Waals surface area contributed by atoms with Gasteiger partial charge in [0.15, 0.2) is 0 Å². The van der Waals surface area contributed by atoms with Gasteiger partial charge >= 0.3 is 0 Å². The molecule has 20 heavy (non-hydrogen) atoms. The van der Waals surface area contributed by atoms with Crippen LogP contribution >= 0.6 is 15.9 Å². The van der Waals surface area contributed by atoms with E-state index in [9.17, 15) is 17.6 Å². The van der Waals surface area contributed by atoms with Crippen molar-refractivity contribution < 1.29 is 17.6 Å². The molecule has 0 heterocycles. The highest BCUT2D eigenvalue weighted by Gasteiger charge is 2.21. The molecule has 106 valence electrons. The third kappa shape index (κ3) is 2.73. The van der Waals surface area contributed by atoms with Gasteiger partial charge in [0, 0.05) is 17.2 Å². The number of alkyl halides is 1. The first-order chi connectivity index (χ1) is 9.31. The molecule has 2 aromatic carbocycles. The molecule has 1 atom stereocenters. The monoisotopic (exact) mass is 346 g/mol. The van der Waals surface area contributed by atoms with Crippen LogP contribution < -0.4 is 0 Å². The fraction of sp³-hybridized carbons (Fsp3) is 0.200. The van der Waals surface area contributed by atoms with Crippen molar-refractivity contribution in [2.45, 2.75) is 18.7 Å².